The molecule has 2 rings (SSSR count). The van der Waals surface area contributed by atoms with Crippen LogP contribution in [0.3, 0.4) is 0 Å². The van der Waals surface area contributed by atoms with Gasteiger partial charge >= 0.3 is 6.03 Å². The van der Waals surface area contributed by atoms with Crippen molar-refractivity contribution in [3.63, 3.8) is 0 Å². The third kappa shape index (κ3) is 3.98. The van der Waals surface area contributed by atoms with Crippen molar-refractivity contribution in [2.24, 2.45) is 7.05 Å². The zero-order valence-electron chi connectivity index (χ0n) is 12.8. The number of amides is 2. The summed E-state index contributed by atoms with van der Waals surface area (Å²) in [4.78, 5) is 11.8. The Hall–Kier alpha value is -2.54. The molecule has 0 aliphatic carbocycles. The molecule has 0 saturated heterocycles. The molecular formula is C15H20N4O3. The van der Waals surface area contributed by atoms with E-state index in [9.17, 15) is 9.90 Å². The first kappa shape index (κ1) is 15.8. The van der Waals surface area contributed by atoms with Gasteiger partial charge in [-0.05, 0) is 24.6 Å². The first-order valence-electron chi connectivity index (χ1n) is 6.87. The number of aliphatic hydroxyl groups is 1. The van der Waals surface area contributed by atoms with E-state index in [0.29, 0.717) is 17.1 Å². The number of aromatic nitrogens is 2. The minimum Gasteiger partial charge on any atom is -0.497 e. The van der Waals surface area contributed by atoms with E-state index in [1.54, 1.807) is 49.2 Å². The van der Waals surface area contributed by atoms with Crippen LogP contribution in [-0.2, 0) is 7.05 Å². The number of rotatable bonds is 5. The summed E-state index contributed by atoms with van der Waals surface area (Å²) in [6, 6.07) is 8.41. The van der Waals surface area contributed by atoms with E-state index < -0.39 is 12.1 Å². The molecule has 0 fully saturated rings. The SMILES string of the molecule is COc1ccc([C@@H](O)CNC(=O)Nc2cc(C)nn2C)cc1. The van der Waals surface area contributed by atoms with Crippen molar-refractivity contribution in [1.82, 2.24) is 15.1 Å². The zero-order valence-corrected chi connectivity index (χ0v) is 12.8. The molecule has 0 unspecified atom stereocenters. The summed E-state index contributed by atoms with van der Waals surface area (Å²) in [5.74, 6) is 1.31. The Morgan fingerprint density at radius 3 is 2.64 bits per heavy atom. The molecule has 22 heavy (non-hydrogen) atoms. The molecule has 2 amide bonds. The van der Waals surface area contributed by atoms with Crippen molar-refractivity contribution in [3.05, 3.63) is 41.6 Å². The molecule has 0 saturated carbocycles. The average molecular weight is 304 g/mol. The van der Waals surface area contributed by atoms with Gasteiger partial charge in [-0.25, -0.2) is 4.79 Å². The van der Waals surface area contributed by atoms with Crippen LogP contribution in [0.25, 0.3) is 0 Å². The second-order valence-electron chi connectivity index (χ2n) is 4.92. The van der Waals surface area contributed by atoms with Gasteiger partial charge in [0.25, 0.3) is 0 Å². The zero-order chi connectivity index (χ0) is 16.1. The van der Waals surface area contributed by atoms with Crippen molar-refractivity contribution >= 4 is 11.8 Å². The maximum Gasteiger partial charge on any atom is 0.320 e. The number of aryl methyl sites for hydroxylation is 2. The number of hydrogen-bond donors (Lipinski definition) is 3. The van der Waals surface area contributed by atoms with Gasteiger partial charge in [-0.2, -0.15) is 5.10 Å². The number of aliphatic hydroxyl groups excluding tert-OH is 1. The standard InChI is InChI=1S/C15H20N4O3/c1-10-8-14(19(2)18-10)17-15(21)16-9-13(20)11-4-6-12(22-3)7-5-11/h4-8,13,20H,9H2,1-3H3,(H2,16,17,21)/t13-/m0/s1. The lowest BCUT2D eigenvalue weighted by atomic mass is 10.1. The second kappa shape index (κ2) is 6.95. The van der Waals surface area contributed by atoms with Gasteiger partial charge in [0.15, 0.2) is 0 Å². The Labute approximate surface area is 128 Å². The maximum absolute atomic E-state index is 11.8. The van der Waals surface area contributed by atoms with Crippen LogP contribution in [-0.4, -0.2) is 34.6 Å². The lowest BCUT2D eigenvalue weighted by Gasteiger charge is -2.13. The van der Waals surface area contributed by atoms with E-state index >= 15 is 0 Å². The molecule has 0 radical (unpaired) electrons. The van der Waals surface area contributed by atoms with Crippen LogP contribution < -0.4 is 15.4 Å². The molecule has 0 aliphatic rings. The monoisotopic (exact) mass is 304 g/mol. The minimum absolute atomic E-state index is 0.106. The van der Waals surface area contributed by atoms with Crippen LogP contribution in [0.5, 0.6) is 5.75 Å². The normalized spacial score (nSPS) is 11.8. The largest absolute Gasteiger partial charge is 0.497 e. The topological polar surface area (TPSA) is 88.4 Å². The molecule has 0 bridgehead atoms. The second-order valence-corrected chi connectivity index (χ2v) is 4.92. The number of urea groups is 1. The molecule has 0 spiro atoms. The highest BCUT2D eigenvalue weighted by Gasteiger charge is 2.11. The molecular weight excluding hydrogens is 284 g/mol. The smallest absolute Gasteiger partial charge is 0.320 e. The summed E-state index contributed by atoms with van der Waals surface area (Å²) in [6.45, 7) is 1.95. The lowest BCUT2D eigenvalue weighted by molar-refractivity contribution is 0.175. The third-order valence-corrected chi connectivity index (χ3v) is 3.20. The fourth-order valence-corrected chi connectivity index (χ4v) is 2.02. The molecule has 1 aromatic heterocycles. The summed E-state index contributed by atoms with van der Waals surface area (Å²) < 4.78 is 6.64. The number of benzene rings is 1. The Balaban J connectivity index is 1.86. The molecule has 1 heterocycles. The number of anilines is 1. The first-order valence-corrected chi connectivity index (χ1v) is 6.87. The molecule has 0 aliphatic heterocycles. The Morgan fingerprint density at radius 1 is 1.41 bits per heavy atom. The van der Waals surface area contributed by atoms with Crippen LogP contribution in [0.2, 0.25) is 0 Å². The number of carbonyl (C=O) groups is 1. The Bertz CT molecular complexity index is 637. The minimum atomic E-state index is -0.787. The summed E-state index contributed by atoms with van der Waals surface area (Å²) >= 11 is 0. The van der Waals surface area contributed by atoms with Gasteiger partial charge in [0, 0.05) is 19.7 Å². The van der Waals surface area contributed by atoms with Crippen molar-refractivity contribution in [3.8, 4) is 5.75 Å². The molecule has 7 heteroatoms. The van der Waals surface area contributed by atoms with Crippen LogP contribution in [0.15, 0.2) is 30.3 Å². The van der Waals surface area contributed by atoms with E-state index in [4.69, 9.17) is 4.74 Å². The summed E-state index contributed by atoms with van der Waals surface area (Å²) in [5.41, 5.74) is 1.52. The van der Waals surface area contributed by atoms with Crippen LogP contribution in [0.1, 0.15) is 17.4 Å². The first-order chi connectivity index (χ1) is 10.5. The predicted octanol–water partition coefficient (Wildman–Crippen LogP) is 1.59. The number of hydrogen-bond acceptors (Lipinski definition) is 4. The van der Waals surface area contributed by atoms with E-state index in [-0.39, 0.29) is 6.54 Å². The van der Waals surface area contributed by atoms with Gasteiger partial charge in [-0.15, -0.1) is 0 Å². The fourth-order valence-electron chi connectivity index (χ4n) is 2.02. The fraction of sp³-hybridized carbons (Fsp3) is 0.333. The Morgan fingerprint density at radius 2 is 2.09 bits per heavy atom. The Kier molecular flexibility index (Phi) is 5.00. The average Bonchev–Trinajstić information content (AvgIpc) is 2.82. The molecule has 3 N–H and O–H groups in total. The molecule has 7 nitrogen and oxygen atoms in total. The predicted molar refractivity (Wildman–Crippen MR) is 82.9 cm³/mol. The highest BCUT2D eigenvalue weighted by Crippen LogP contribution is 2.17. The quantitative estimate of drug-likeness (QED) is 0.782. The lowest BCUT2D eigenvalue weighted by Crippen LogP contribution is -2.33. The van der Waals surface area contributed by atoms with Gasteiger partial charge in [-0.3, -0.25) is 10.00 Å². The summed E-state index contributed by atoms with van der Waals surface area (Å²) in [5, 5.41) is 19.5. The summed E-state index contributed by atoms with van der Waals surface area (Å²) in [7, 11) is 3.33. The molecule has 1 aromatic carbocycles. The summed E-state index contributed by atoms with van der Waals surface area (Å²) in [6.07, 6.45) is -0.787. The van der Waals surface area contributed by atoms with Crippen molar-refractivity contribution in [1.29, 1.82) is 0 Å². The number of nitrogens with zero attached hydrogens (tertiary/aromatic N) is 2. The number of methoxy groups -OCH3 is 1. The van der Waals surface area contributed by atoms with Crippen molar-refractivity contribution in [2.75, 3.05) is 19.0 Å². The van der Waals surface area contributed by atoms with Gasteiger partial charge in [0.1, 0.15) is 11.6 Å². The van der Waals surface area contributed by atoms with E-state index in [0.717, 1.165) is 5.69 Å². The molecule has 2 aromatic rings. The van der Waals surface area contributed by atoms with Gasteiger partial charge in [0.2, 0.25) is 0 Å². The van der Waals surface area contributed by atoms with Gasteiger partial charge in [0.05, 0.1) is 18.9 Å². The number of nitrogens with one attached hydrogen (secondary N) is 2. The van der Waals surface area contributed by atoms with E-state index in [1.165, 1.54) is 0 Å². The van der Waals surface area contributed by atoms with Crippen molar-refractivity contribution < 1.29 is 14.6 Å². The van der Waals surface area contributed by atoms with Crippen molar-refractivity contribution in [2.45, 2.75) is 13.0 Å². The van der Waals surface area contributed by atoms with Gasteiger partial charge in [-0.1, -0.05) is 12.1 Å². The van der Waals surface area contributed by atoms with Crippen LogP contribution in [0, 0.1) is 6.92 Å². The highest BCUT2D eigenvalue weighted by molar-refractivity contribution is 5.88. The highest BCUT2D eigenvalue weighted by atomic mass is 16.5. The van der Waals surface area contributed by atoms with E-state index in [1.807, 2.05) is 6.92 Å². The number of carbonyl (C=O) groups excluding carboxylic acids is 1. The van der Waals surface area contributed by atoms with E-state index in [2.05, 4.69) is 15.7 Å². The van der Waals surface area contributed by atoms with Crippen LogP contribution in [0.4, 0.5) is 10.6 Å². The maximum atomic E-state index is 11.8. The van der Waals surface area contributed by atoms with Gasteiger partial charge < -0.3 is 15.2 Å². The third-order valence-electron chi connectivity index (χ3n) is 3.20. The molecule has 1 atom stereocenters. The van der Waals surface area contributed by atoms with Crippen LogP contribution >= 0.6 is 0 Å². The number of ether oxygens (including phenoxy) is 1. The molecule has 118 valence electrons.